The maximum absolute atomic E-state index is 8.76. The van der Waals surface area contributed by atoms with Crippen molar-refractivity contribution in [3.63, 3.8) is 0 Å². The zero-order chi connectivity index (χ0) is 14.4. The molecule has 0 aliphatic carbocycles. The normalized spacial score (nSPS) is 10.7. The average molecular weight is 270 g/mol. The minimum absolute atomic E-state index is 0.492. The molecule has 0 bridgehead atoms. The third kappa shape index (κ3) is 3.90. The van der Waals surface area contributed by atoms with Gasteiger partial charge in [0.05, 0.1) is 11.6 Å². The largest absolute Gasteiger partial charge is 0.421 e. The van der Waals surface area contributed by atoms with E-state index in [2.05, 4.69) is 35.4 Å². The van der Waals surface area contributed by atoms with Gasteiger partial charge in [0.15, 0.2) is 0 Å². The van der Waals surface area contributed by atoms with E-state index in [9.17, 15) is 0 Å². The lowest BCUT2D eigenvalue weighted by Crippen LogP contribution is -2.23. The van der Waals surface area contributed by atoms with Crippen molar-refractivity contribution < 1.29 is 4.42 Å². The van der Waals surface area contributed by atoms with Gasteiger partial charge in [-0.2, -0.15) is 5.26 Å². The summed E-state index contributed by atoms with van der Waals surface area (Å²) in [6.45, 7) is 5.18. The van der Waals surface area contributed by atoms with Crippen molar-refractivity contribution in [3.8, 4) is 17.5 Å². The van der Waals surface area contributed by atoms with E-state index in [1.807, 2.05) is 12.1 Å². The standard InChI is InChI=1S/C15H18N4O/c1-11(2)17-9-3-4-14-18-19-15(20-14)13-7-5-12(10-16)6-8-13/h5-8,11,17H,3-4,9H2,1-2H3. The first-order valence-corrected chi connectivity index (χ1v) is 6.75. The lowest BCUT2D eigenvalue weighted by Gasteiger charge is -2.05. The van der Waals surface area contributed by atoms with Gasteiger partial charge in [0.25, 0.3) is 0 Å². The number of aromatic nitrogens is 2. The predicted molar refractivity (Wildman–Crippen MR) is 75.9 cm³/mol. The fourth-order valence-corrected chi connectivity index (χ4v) is 1.79. The molecule has 2 aromatic rings. The molecule has 0 amide bonds. The maximum Gasteiger partial charge on any atom is 0.247 e. The Morgan fingerprint density at radius 2 is 2.00 bits per heavy atom. The van der Waals surface area contributed by atoms with Gasteiger partial charge in [-0.25, -0.2) is 0 Å². The van der Waals surface area contributed by atoms with Crippen molar-refractivity contribution in [2.24, 2.45) is 0 Å². The van der Waals surface area contributed by atoms with Gasteiger partial charge in [-0.1, -0.05) is 13.8 Å². The molecule has 0 atom stereocenters. The van der Waals surface area contributed by atoms with Crippen LogP contribution < -0.4 is 5.32 Å². The molecule has 0 unspecified atom stereocenters. The molecule has 0 aliphatic heterocycles. The van der Waals surface area contributed by atoms with Crippen LogP contribution in [0.15, 0.2) is 28.7 Å². The van der Waals surface area contributed by atoms with Crippen molar-refractivity contribution in [2.45, 2.75) is 32.7 Å². The highest BCUT2D eigenvalue weighted by atomic mass is 16.4. The molecule has 2 rings (SSSR count). The molecule has 5 heteroatoms. The van der Waals surface area contributed by atoms with Gasteiger partial charge >= 0.3 is 0 Å². The molecule has 0 spiro atoms. The molecule has 5 nitrogen and oxygen atoms in total. The average Bonchev–Trinajstić information content (AvgIpc) is 2.92. The van der Waals surface area contributed by atoms with E-state index in [1.165, 1.54) is 0 Å². The lowest BCUT2D eigenvalue weighted by atomic mass is 10.1. The monoisotopic (exact) mass is 270 g/mol. The summed E-state index contributed by atoms with van der Waals surface area (Å²) in [6, 6.07) is 9.69. The number of hydrogen-bond donors (Lipinski definition) is 1. The summed E-state index contributed by atoms with van der Waals surface area (Å²) >= 11 is 0. The fraction of sp³-hybridized carbons (Fsp3) is 0.400. The van der Waals surface area contributed by atoms with Crippen LogP contribution in [-0.2, 0) is 6.42 Å². The lowest BCUT2D eigenvalue weighted by molar-refractivity contribution is 0.484. The fourth-order valence-electron chi connectivity index (χ4n) is 1.79. The zero-order valence-corrected chi connectivity index (χ0v) is 11.8. The Morgan fingerprint density at radius 1 is 1.25 bits per heavy atom. The van der Waals surface area contributed by atoms with Crippen LogP contribution in [0.1, 0.15) is 31.7 Å². The highest BCUT2D eigenvalue weighted by Crippen LogP contribution is 2.18. The van der Waals surface area contributed by atoms with E-state index in [0.29, 0.717) is 23.4 Å². The van der Waals surface area contributed by atoms with E-state index in [-0.39, 0.29) is 0 Å². The molecule has 0 saturated carbocycles. The summed E-state index contributed by atoms with van der Waals surface area (Å²) in [5, 5.41) is 20.2. The summed E-state index contributed by atoms with van der Waals surface area (Å²) in [5.41, 5.74) is 1.45. The quantitative estimate of drug-likeness (QED) is 0.816. The van der Waals surface area contributed by atoms with Gasteiger partial charge in [0.2, 0.25) is 11.8 Å². The Kier molecular flexibility index (Phi) is 4.85. The molecule has 104 valence electrons. The summed E-state index contributed by atoms with van der Waals surface area (Å²) in [5.74, 6) is 1.15. The summed E-state index contributed by atoms with van der Waals surface area (Å²) in [4.78, 5) is 0. The molecule has 0 radical (unpaired) electrons. The molecule has 0 saturated heterocycles. The molecule has 1 aromatic carbocycles. The highest BCUT2D eigenvalue weighted by Gasteiger charge is 2.08. The first-order chi connectivity index (χ1) is 9.69. The van der Waals surface area contributed by atoms with E-state index in [4.69, 9.17) is 9.68 Å². The van der Waals surface area contributed by atoms with E-state index < -0.39 is 0 Å². The van der Waals surface area contributed by atoms with E-state index in [1.54, 1.807) is 12.1 Å². The molecule has 0 fully saturated rings. The predicted octanol–water partition coefficient (Wildman–Crippen LogP) is 2.54. The second-order valence-electron chi connectivity index (χ2n) is 4.90. The van der Waals surface area contributed by atoms with Gasteiger partial charge in [-0.3, -0.25) is 0 Å². The summed E-state index contributed by atoms with van der Waals surface area (Å²) in [7, 11) is 0. The van der Waals surface area contributed by atoms with Crippen LogP contribution in [0.4, 0.5) is 0 Å². The number of nitrogens with one attached hydrogen (secondary N) is 1. The summed E-state index contributed by atoms with van der Waals surface area (Å²) in [6.07, 6.45) is 1.73. The van der Waals surface area contributed by atoms with Crippen molar-refractivity contribution in [2.75, 3.05) is 6.54 Å². The number of nitrogens with zero attached hydrogens (tertiary/aromatic N) is 3. The van der Waals surface area contributed by atoms with Crippen LogP contribution in [0.25, 0.3) is 11.5 Å². The smallest absolute Gasteiger partial charge is 0.247 e. The van der Waals surface area contributed by atoms with Crippen LogP contribution in [0.3, 0.4) is 0 Å². The van der Waals surface area contributed by atoms with E-state index >= 15 is 0 Å². The molecule has 1 heterocycles. The minimum Gasteiger partial charge on any atom is -0.421 e. The Labute approximate surface area is 118 Å². The Hall–Kier alpha value is -2.19. The van der Waals surface area contributed by atoms with E-state index in [0.717, 1.165) is 24.9 Å². The first kappa shape index (κ1) is 14.2. The number of aryl methyl sites for hydroxylation is 1. The van der Waals surface area contributed by atoms with Crippen molar-refractivity contribution in [1.82, 2.24) is 15.5 Å². The number of nitriles is 1. The molecular formula is C15H18N4O. The van der Waals surface area contributed by atoms with Gasteiger partial charge < -0.3 is 9.73 Å². The molecular weight excluding hydrogens is 252 g/mol. The first-order valence-electron chi connectivity index (χ1n) is 6.75. The van der Waals surface area contributed by atoms with Crippen molar-refractivity contribution in [3.05, 3.63) is 35.7 Å². The minimum atomic E-state index is 0.492. The third-order valence-corrected chi connectivity index (χ3v) is 2.85. The topological polar surface area (TPSA) is 74.7 Å². The number of rotatable bonds is 6. The maximum atomic E-state index is 8.76. The van der Waals surface area contributed by atoms with Gasteiger partial charge in [-0.05, 0) is 37.2 Å². The van der Waals surface area contributed by atoms with Gasteiger partial charge in [-0.15, -0.1) is 10.2 Å². The second-order valence-corrected chi connectivity index (χ2v) is 4.90. The van der Waals surface area contributed by atoms with Crippen LogP contribution >= 0.6 is 0 Å². The highest BCUT2D eigenvalue weighted by molar-refractivity contribution is 5.54. The summed E-state index contributed by atoms with van der Waals surface area (Å²) < 4.78 is 5.62. The number of benzene rings is 1. The van der Waals surface area contributed by atoms with Crippen molar-refractivity contribution in [1.29, 1.82) is 5.26 Å². The van der Waals surface area contributed by atoms with Crippen LogP contribution in [0, 0.1) is 11.3 Å². The Balaban J connectivity index is 1.93. The van der Waals surface area contributed by atoms with Crippen molar-refractivity contribution >= 4 is 0 Å². The van der Waals surface area contributed by atoms with Gasteiger partial charge in [0, 0.05) is 18.0 Å². The van der Waals surface area contributed by atoms with Crippen LogP contribution in [0.5, 0.6) is 0 Å². The Morgan fingerprint density at radius 3 is 2.65 bits per heavy atom. The van der Waals surface area contributed by atoms with Crippen LogP contribution in [-0.4, -0.2) is 22.8 Å². The molecule has 0 aliphatic rings. The SMILES string of the molecule is CC(C)NCCCc1nnc(-c2ccc(C#N)cc2)o1. The molecule has 1 N–H and O–H groups in total. The zero-order valence-electron chi connectivity index (χ0n) is 11.8. The second kappa shape index (κ2) is 6.83. The van der Waals surface area contributed by atoms with Crippen LogP contribution in [0.2, 0.25) is 0 Å². The molecule has 20 heavy (non-hydrogen) atoms. The number of hydrogen-bond acceptors (Lipinski definition) is 5. The Bertz CT molecular complexity index is 581. The van der Waals surface area contributed by atoms with Gasteiger partial charge in [0.1, 0.15) is 0 Å². The molecule has 1 aromatic heterocycles. The third-order valence-electron chi connectivity index (χ3n) is 2.85.